The maximum absolute atomic E-state index is 12.6. The fourth-order valence-corrected chi connectivity index (χ4v) is 2.95. The monoisotopic (exact) mass is 287 g/mol. The second-order valence-electron chi connectivity index (χ2n) is 5.95. The van der Waals surface area contributed by atoms with Crippen LogP contribution in [0.3, 0.4) is 0 Å². The second kappa shape index (κ2) is 6.12. The number of carboxylic acids is 1. The zero-order chi connectivity index (χ0) is 15.6. The number of carboxylic acid groups (broad SMARTS) is 1. The summed E-state index contributed by atoms with van der Waals surface area (Å²) in [7, 11) is 0. The lowest BCUT2D eigenvalue weighted by Crippen LogP contribution is -2.34. The molecule has 21 heavy (non-hydrogen) atoms. The van der Waals surface area contributed by atoms with Crippen molar-refractivity contribution in [1.29, 1.82) is 0 Å². The van der Waals surface area contributed by atoms with E-state index in [4.69, 9.17) is 5.11 Å². The van der Waals surface area contributed by atoms with E-state index in [1.165, 1.54) is 6.08 Å². The summed E-state index contributed by atoms with van der Waals surface area (Å²) in [4.78, 5) is 25.1. The van der Waals surface area contributed by atoms with Gasteiger partial charge in [0, 0.05) is 24.2 Å². The number of likely N-dealkylation sites (tertiary alicyclic amines) is 1. The van der Waals surface area contributed by atoms with Crippen molar-refractivity contribution in [2.75, 3.05) is 6.54 Å². The third kappa shape index (κ3) is 3.72. The van der Waals surface area contributed by atoms with Crippen molar-refractivity contribution in [2.45, 2.75) is 33.2 Å². The van der Waals surface area contributed by atoms with Crippen molar-refractivity contribution in [3.8, 4) is 0 Å². The molecule has 0 aromatic heterocycles. The van der Waals surface area contributed by atoms with Crippen LogP contribution < -0.4 is 0 Å². The van der Waals surface area contributed by atoms with Gasteiger partial charge in [0.05, 0.1) is 0 Å². The number of aliphatic carboxylic acids is 1. The van der Waals surface area contributed by atoms with Crippen LogP contribution in [0.5, 0.6) is 0 Å². The van der Waals surface area contributed by atoms with Gasteiger partial charge in [-0.05, 0) is 55.5 Å². The van der Waals surface area contributed by atoms with Crippen molar-refractivity contribution in [3.05, 3.63) is 41.0 Å². The Bertz CT molecular complexity index is 592. The van der Waals surface area contributed by atoms with Crippen molar-refractivity contribution in [3.63, 3.8) is 0 Å². The number of amides is 1. The Morgan fingerprint density at radius 3 is 2.57 bits per heavy atom. The van der Waals surface area contributed by atoms with E-state index in [0.717, 1.165) is 30.2 Å². The van der Waals surface area contributed by atoms with Crippen LogP contribution >= 0.6 is 0 Å². The average molecular weight is 287 g/mol. The van der Waals surface area contributed by atoms with Gasteiger partial charge in [-0.2, -0.15) is 0 Å². The Morgan fingerprint density at radius 1 is 1.29 bits per heavy atom. The molecule has 1 fully saturated rings. The molecule has 112 valence electrons. The molecule has 1 saturated heterocycles. The molecule has 2 unspecified atom stereocenters. The zero-order valence-corrected chi connectivity index (χ0v) is 12.7. The van der Waals surface area contributed by atoms with Crippen molar-refractivity contribution in [2.24, 2.45) is 5.92 Å². The van der Waals surface area contributed by atoms with Gasteiger partial charge in [0.1, 0.15) is 0 Å². The molecular weight excluding hydrogens is 266 g/mol. The molecule has 1 aliphatic rings. The first-order valence-corrected chi connectivity index (χ1v) is 7.20. The largest absolute Gasteiger partial charge is 0.478 e. The molecule has 1 aliphatic heterocycles. The molecular formula is C17H21NO3. The molecule has 0 saturated carbocycles. The quantitative estimate of drug-likeness (QED) is 0.870. The molecule has 1 amide bonds. The topological polar surface area (TPSA) is 57.6 Å². The zero-order valence-electron chi connectivity index (χ0n) is 12.7. The number of nitrogens with zero attached hydrogens (tertiary/aromatic N) is 1. The lowest BCUT2D eigenvalue weighted by atomic mass is 10.0. The predicted octanol–water partition coefficient (Wildman–Crippen LogP) is 2.96. The van der Waals surface area contributed by atoms with Crippen LogP contribution in [-0.4, -0.2) is 34.5 Å². The molecule has 2 atom stereocenters. The maximum Gasteiger partial charge on any atom is 0.328 e. The lowest BCUT2D eigenvalue weighted by Gasteiger charge is -2.22. The summed E-state index contributed by atoms with van der Waals surface area (Å²) in [5.74, 6) is -0.438. The van der Waals surface area contributed by atoms with E-state index in [0.29, 0.717) is 11.5 Å². The highest BCUT2D eigenvalue weighted by molar-refractivity contribution is 5.95. The van der Waals surface area contributed by atoms with E-state index >= 15 is 0 Å². The van der Waals surface area contributed by atoms with Gasteiger partial charge >= 0.3 is 5.97 Å². The predicted molar refractivity (Wildman–Crippen MR) is 82.1 cm³/mol. The summed E-state index contributed by atoms with van der Waals surface area (Å²) >= 11 is 0. The Hall–Kier alpha value is -2.10. The number of hydrogen-bond acceptors (Lipinski definition) is 2. The highest BCUT2D eigenvalue weighted by Crippen LogP contribution is 2.25. The van der Waals surface area contributed by atoms with Crippen LogP contribution in [0.15, 0.2) is 24.3 Å². The SMILES string of the molecule is Cc1cc(/C=C/C(=O)O)cc(C(=O)N2CC(C)CC2C)c1. The number of carbonyl (C=O) groups excluding carboxylic acids is 1. The van der Waals surface area contributed by atoms with Crippen LogP contribution in [-0.2, 0) is 4.79 Å². The Kier molecular flexibility index (Phi) is 4.46. The molecule has 2 rings (SSSR count). The summed E-state index contributed by atoms with van der Waals surface area (Å²) in [5, 5.41) is 8.70. The molecule has 0 spiro atoms. The summed E-state index contributed by atoms with van der Waals surface area (Å²) in [6.07, 6.45) is 3.63. The lowest BCUT2D eigenvalue weighted by molar-refractivity contribution is -0.131. The first-order chi connectivity index (χ1) is 9.86. The van der Waals surface area contributed by atoms with E-state index in [1.807, 2.05) is 24.0 Å². The van der Waals surface area contributed by atoms with Crippen LogP contribution in [0.1, 0.15) is 41.8 Å². The normalized spacial score (nSPS) is 22.0. The number of aryl methyl sites for hydroxylation is 1. The highest BCUT2D eigenvalue weighted by atomic mass is 16.4. The van der Waals surface area contributed by atoms with Crippen LogP contribution in [0.4, 0.5) is 0 Å². The Balaban J connectivity index is 2.27. The molecule has 1 aromatic carbocycles. The summed E-state index contributed by atoms with van der Waals surface area (Å²) in [6, 6.07) is 5.73. The fraction of sp³-hybridized carbons (Fsp3) is 0.412. The first-order valence-electron chi connectivity index (χ1n) is 7.20. The van der Waals surface area contributed by atoms with Gasteiger partial charge in [-0.25, -0.2) is 4.79 Å². The third-order valence-electron chi connectivity index (χ3n) is 3.81. The fourth-order valence-electron chi connectivity index (χ4n) is 2.95. The maximum atomic E-state index is 12.6. The summed E-state index contributed by atoms with van der Waals surface area (Å²) in [5.41, 5.74) is 2.31. The number of rotatable bonds is 3. The molecule has 4 heteroatoms. The van der Waals surface area contributed by atoms with Crippen LogP contribution in [0, 0.1) is 12.8 Å². The standard InChI is InChI=1S/C17H21NO3/c1-11-7-14(4-5-16(19)20)9-15(8-11)17(21)18-10-12(2)6-13(18)3/h4-5,7-9,12-13H,6,10H2,1-3H3,(H,19,20)/b5-4+. The van der Waals surface area contributed by atoms with E-state index in [1.54, 1.807) is 6.07 Å². The van der Waals surface area contributed by atoms with Crippen molar-refractivity contribution in [1.82, 2.24) is 4.90 Å². The molecule has 4 nitrogen and oxygen atoms in total. The van der Waals surface area contributed by atoms with Crippen LogP contribution in [0.2, 0.25) is 0 Å². The molecule has 0 aliphatic carbocycles. The van der Waals surface area contributed by atoms with E-state index in [-0.39, 0.29) is 11.9 Å². The third-order valence-corrected chi connectivity index (χ3v) is 3.81. The number of hydrogen-bond donors (Lipinski definition) is 1. The highest BCUT2D eigenvalue weighted by Gasteiger charge is 2.30. The van der Waals surface area contributed by atoms with Crippen molar-refractivity contribution >= 4 is 18.0 Å². The molecule has 1 N–H and O–H groups in total. The minimum Gasteiger partial charge on any atom is -0.478 e. The Labute approximate surface area is 125 Å². The summed E-state index contributed by atoms with van der Waals surface area (Å²) in [6.45, 7) is 6.92. The molecule has 1 heterocycles. The summed E-state index contributed by atoms with van der Waals surface area (Å²) < 4.78 is 0. The second-order valence-corrected chi connectivity index (χ2v) is 5.95. The van der Waals surface area contributed by atoms with Gasteiger partial charge in [-0.15, -0.1) is 0 Å². The van der Waals surface area contributed by atoms with E-state index in [2.05, 4.69) is 13.8 Å². The smallest absolute Gasteiger partial charge is 0.328 e. The minimum absolute atomic E-state index is 0.0283. The number of benzene rings is 1. The molecule has 1 aromatic rings. The first kappa shape index (κ1) is 15.3. The molecule has 0 bridgehead atoms. The van der Waals surface area contributed by atoms with Gasteiger partial charge in [-0.1, -0.05) is 13.0 Å². The molecule has 0 radical (unpaired) electrons. The average Bonchev–Trinajstić information content (AvgIpc) is 2.74. The van der Waals surface area contributed by atoms with Gasteiger partial charge in [-0.3, -0.25) is 4.79 Å². The van der Waals surface area contributed by atoms with Gasteiger partial charge < -0.3 is 10.0 Å². The van der Waals surface area contributed by atoms with Gasteiger partial charge in [0.2, 0.25) is 0 Å². The number of carbonyl (C=O) groups is 2. The van der Waals surface area contributed by atoms with Gasteiger partial charge in [0.15, 0.2) is 0 Å². The van der Waals surface area contributed by atoms with E-state index < -0.39 is 5.97 Å². The minimum atomic E-state index is -0.994. The van der Waals surface area contributed by atoms with E-state index in [9.17, 15) is 9.59 Å². The Morgan fingerprint density at radius 2 is 2.00 bits per heavy atom. The van der Waals surface area contributed by atoms with Gasteiger partial charge in [0.25, 0.3) is 5.91 Å². The van der Waals surface area contributed by atoms with Crippen molar-refractivity contribution < 1.29 is 14.7 Å². The van der Waals surface area contributed by atoms with Crippen LogP contribution in [0.25, 0.3) is 6.08 Å².